The van der Waals surface area contributed by atoms with Crippen molar-refractivity contribution in [1.29, 1.82) is 0 Å². The molecule has 3 rings (SSSR count). The van der Waals surface area contributed by atoms with Crippen LogP contribution in [0.4, 0.5) is 0 Å². The second-order valence-electron chi connectivity index (χ2n) is 5.38. The summed E-state index contributed by atoms with van der Waals surface area (Å²) < 4.78 is 12.1. The Kier molecular flexibility index (Phi) is 5.85. The largest absolute Gasteiger partial charge is 0.497 e. The fourth-order valence-corrected chi connectivity index (χ4v) is 3.15. The average Bonchev–Trinajstić information content (AvgIpc) is 3.13. The van der Waals surface area contributed by atoms with Gasteiger partial charge in [-0.3, -0.25) is 4.79 Å². The Balaban J connectivity index is 1.68. The zero-order valence-corrected chi connectivity index (χ0v) is 15.3. The zero-order valence-electron chi connectivity index (χ0n) is 14.5. The van der Waals surface area contributed by atoms with Gasteiger partial charge in [-0.1, -0.05) is 42.1 Å². The number of hydrogen-bond donors (Lipinski definition) is 0. The van der Waals surface area contributed by atoms with Gasteiger partial charge >= 0.3 is 0 Å². The van der Waals surface area contributed by atoms with Gasteiger partial charge in [-0.25, -0.2) is 4.68 Å². The molecule has 26 heavy (non-hydrogen) atoms. The van der Waals surface area contributed by atoms with E-state index in [-0.39, 0.29) is 11.5 Å². The second-order valence-corrected chi connectivity index (χ2v) is 6.33. The van der Waals surface area contributed by atoms with Crippen LogP contribution in [0.25, 0.3) is 0 Å². The summed E-state index contributed by atoms with van der Waals surface area (Å²) in [7, 11) is 3.10. The second kappa shape index (κ2) is 8.48. The molecule has 0 atom stereocenters. The zero-order chi connectivity index (χ0) is 18.4. The fourth-order valence-electron chi connectivity index (χ4n) is 2.39. The van der Waals surface area contributed by atoms with Crippen molar-refractivity contribution in [2.24, 2.45) is 0 Å². The molecule has 2 aromatic carbocycles. The smallest absolute Gasteiger partial charge is 0.210 e. The molecule has 7 nitrogen and oxygen atoms in total. The predicted molar refractivity (Wildman–Crippen MR) is 98.0 cm³/mol. The highest BCUT2D eigenvalue weighted by Gasteiger charge is 2.16. The highest BCUT2D eigenvalue weighted by molar-refractivity contribution is 7.99. The van der Waals surface area contributed by atoms with E-state index in [9.17, 15) is 4.79 Å². The van der Waals surface area contributed by atoms with Crippen molar-refractivity contribution in [3.05, 3.63) is 59.7 Å². The third-order valence-corrected chi connectivity index (χ3v) is 4.67. The minimum Gasteiger partial charge on any atom is -0.497 e. The van der Waals surface area contributed by atoms with Crippen molar-refractivity contribution < 1.29 is 14.3 Å². The first-order valence-corrected chi connectivity index (χ1v) is 8.88. The Morgan fingerprint density at radius 2 is 1.92 bits per heavy atom. The number of ketones is 1. The maximum absolute atomic E-state index is 12.6. The molecule has 0 aliphatic rings. The molecule has 1 heterocycles. The summed E-state index contributed by atoms with van der Waals surface area (Å²) in [5.41, 5.74) is 1.59. The van der Waals surface area contributed by atoms with Crippen LogP contribution >= 0.6 is 11.8 Å². The van der Waals surface area contributed by atoms with Gasteiger partial charge in [0.15, 0.2) is 5.78 Å². The van der Waals surface area contributed by atoms with E-state index in [1.165, 1.54) is 18.9 Å². The van der Waals surface area contributed by atoms with Crippen molar-refractivity contribution >= 4 is 17.5 Å². The van der Waals surface area contributed by atoms with Gasteiger partial charge in [-0.2, -0.15) is 0 Å². The lowest BCUT2D eigenvalue weighted by Gasteiger charge is -2.09. The molecule has 0 fully saturated rings. The van der Waals surface area contributed by atoms with Crippen LogP contribution in [0.5, 0.6) is 11.5 Å². The molecule has 0 amide bonds. The van der Waals surface area contributed by atoms with Gasteiger partial charge in [0.05, 0.1) is 32.1 Å². The monoisotopic (exact) mass is 370 g/mol. The van der Waals surface area contributed by atoms with Crippen molar-refractivity contribution in [3.8, 4) is 11.5 Å². The Bertz CT molecular complexity index is 883. The Morgan fingerprint density at radius 3 is 2.65 bits per heavy atom. The summed E-state index contributed by atoms with van der Waals surface area (Å²) in [6, 6.07) is 15.0. The van der Waals surface area contributed by atoms with Crippen molar-refractivity contribution in [2.75, 3.05) is 20.0 Å². The summed E-state index contributed by atoms with van der Waals surface area (Å²) in [5, 5.41) is 12.3. The summed E-state index contributed by atoms with van der Waals surface area (Å²) in [6.07, 6.45) is 0. The van der Waals surface area contributed by atoms with Gasteiger partial charge in [0.2, 0.25) is 5.16 Å². The average molecular weight is 370 g/mol. The molecule has 3 aromatic rings. The summed E-state index contributed by atoms with van der Waals surface area (Å²) in [5.74, 6) is 1.26. The molecular weight excluding hydrogens is 352 g/mol. The van der Waals surface area contributed by atoms with Gasteiger partial charge in [0.25, 0.3) is 0 Å². The molecule has 0 saturated carbocycles. The van der Waals surface area contributed by atoms with E-state index in [2.05, 4.69) is 15.5 Å². The molecule has 134 valence electrons. The molecule has 0 bridgehead atoms. The number of aromatic nitrogens is 4. The van der Waals surface area contributed by atoms with Crippen LogP contribution in [-0.4, -0.2) is 46.0 Å². The number of tetrazole rings is 1. The van der Waals surface area contributed by atoms with Crippen LogP contribution in [-0.2, 0) is 6.54 Å². The molecule has 0 aliphatic heterocycles. The molecule has 8 heteroatoms. The number of thioether (sulfide) groups is 1. The van der Waals surface area contributed by atoms with Crippen LogP contribution in [0.15, 0.2) is 53.7 Å². The standard InChI is InChI=1S/C18H18N4O3S/c1-24-14-8-9-15(17(10-14)25-2)16(23)12-26-18-19-20-21-22(18)11-13-6-4-3-5-7-13/h3-10H,11-12H2,1-2H3. The van der Waals surface area contributed by atoms with E-state index in [0.29, 0.717) is 28.8 Å². The van der Waals surface area contributed by atoms with Gasteiger partial charge in [0, 0.05) is 6.07 Å². The van der Waals surface area contributed by atoms with E-state index in [4.69, 9.17) is 9.47 Å². The number of nitrogens with zero attached hydrogens (tertiary/aromatic N) is 4. The number of ether oxygens (including phenoxy) is 2. The molecule has 0 spiro atoms. The third kappa shape index (κ3) is 4.20. The number of methoxy groups -OCH3 is 2. The predicted octanol–water partition coefficient (Wildman–Crippen LogP) is 2.71. The molecule has 0 radical (unpaired) electrons. The van der Waals surface area contributed by atoms with Crippen LogP contribution in [0.2, 0.25) is 0 Å². The first-order chi connectivity index (χ1) is 12.7. The number of hydrogen-bond acceptors (Lipinski definition) is 7. The van der Waals surface area contributed by atoms with Crippen LogP contribution in [0.1, 0.15) is 15.9 Å². The Morgan fingerprint density at radius 1 is 1.12 bits per heavy atom. The van der Waals surface area contributed by atoms with E-state index in [1.807, 2.05) is 30.3 Å². The van der Waals surface area contributed by atoms with Gasteiger partial charge in [-0.15, -0.1) is 5.10 Å². The topological polar surface area (TPSA) is 79.1 Å². The quantitative estimate of drug-likeness (QED) is 0.445. The SMILES string of the molecule is COc1ccc(C(=O)CSc2nnnn2Cc2ccccc2)c(OC)c1. The van der Waals surface area contributed by atoms with Crippen molar-refractivity contribution in [1.82, 2.24) is 20.2 Å². The number of carbonyl (C=O) groups excluding carboxylic acids is 1. The number of benzene rings is 2. The van der Waals surface area contributed by atoms with Crippen LogP contribution < -0.4 is 9.47 Å². The highest BCUT2D eigenvalue weighted by atomic mass is 32.2. The molecule has 1 aromatic heterocycles. The van der Waals surface area contributed by atoms with E-state index < -0.39 is 0 Å². The summed E-state index contributed by atoms with van der Waals surface area (Å²) >= 11 is 1.30. The first-order valence-electron chi connectivity index (χ1n) is 7.89. The number of Topliss-reactive ketones (excluding diaryl/α,β-unsaturated/α-hetero) is 1. The minimum atomic E-state index is -0.0660. The van der Waals surface area contributed by atoms with E-state index >= 15 is 0 Å². The normalized spacial score (nSPS) is 10.5. The van der Waals surface area contributed by atoms with Gasteiger partial charge in [-0.05, 0) is 28.1 Å². The lowest BCUT2D eigenvalue weighted by Crippen LogP contribution is -2.08. The van der Waals surface area contributed by atoms with E-state index in [0.717, 1.165) is 5.56 Å². The first kappa shape index (κ1) is 17.9. The van der Waals surface area contributed by atoms with Crippen molar-refractivity contribution in [3.63, 3.8) is 0 Å². The lowest BCUT2D eigenvalue weighted by molar-refractivity contribution is 0.101. The van der Waals surface area contributed by atoms with Gasteiger partial charge in [0.1, 0.15) is 11.5 Å². The maximum atomic E-state index is 12.6. The summed E-state index contributed by atoms with van der Waals surface area (Å²) in [6.45, 7) is 0.552. The lowest BCUT2D eigenvalue weighted by atomic mass is 10.1. The fraction of sp³-hybridized carbons (Fsp3) is 0.222. The Hall–Kier alpha value is -2.87. The highest BCUT2D eigenvalue weighted by Crippen LogP contribution is 2.26. The molecule has 0 N–H and O–H groups in total. The number of carbonyl (C=O) groups is 1. The van der Waals surface area contributed by atoms with Crippen molar-refractivity contribution in [2.45, 2.75) is 11.7 Å². The molecule has 0 unspecified atom stereocenters. The summed E-state index contributed by atoms with van der Waals surface area (Å²) in [4.78, 5) is 12.6. The maximum Gasteiger partial charge on any atom is 0.210 e. The van der Waals surface area contributed by atoms with Crippen LogP contribution in [0, 0.1) is 0 Å². The molecule has 0 aliphatic carbocycles. The molecular formula is C18H18N4O3S. The van der Waals surface area contributed by atoms with Crippen LogP contribution in [0.3, 0.4) is 0 Å². The molecule has 0 saturated heterocycles. The van der Waals surface area contributed by atoms with E-state index in [1.54, 1.807) is 30.0 Å². The minimum absolute atomic E-state index is 0.0660. The third-order valence-electron chi connectivity index (χ3n) is 3.72. The number of rotatable bonds is 8. The van der Waals surface area contributed by atoms with Gasteiger partial charge < -0.3 is 9.47 Å². The Labute approximate surface area is 155 Å².